The van der Waals surface area contributed by atoms with Crippen LogP contribution in [0.3, 0.4) is 0 Å². The van der Waals surface area contributed by atoms with Crippen molar-refractivity contribution in [2.45, 2.75) is 18.5 Å². The Labute approximate surface area is 174 Å². The molecule has 4 aromatic rings. The van der Waals surface area contributed by atoms with Crippen LogP contribution in [0.15, 0.2) is 47.6 Å². The fraction of sp³-hybridized carbons (Fsp3) is 0.200. The van der Waals surface area contributed by atoms with Crippen molar-refractivity contribution in [1.82, 2.24) is 14.6 Å². The molecule has 1 N–H and O–H groups in total. The molecule has 1 aliphatic heterocycles. The first-order chi connectivity index (χ1) is 14.1. The molecule has 0 bridgehead atoms. The number of benzene rings is 2. The average Bonchev–Trinajstić information content (AvgIpc) is 3.39. The summed E-state index contributed by atoms with van der Waals surface area (Å²) in [5.74, 6) is 0.173. The van der Waals surface area contributed by atoms with Crippen molar-refractivity contribution < 1.29 is 9.59 Å². The first kappa shape index (κ1) is 18.1. The average molecular weight is 424 g/mol. The lowest BCUT2D eigenvalue weighted by atomic mass is 10.1. The van der Waals surface area contributed by atoms with Gasteiger partial charge >= 0.3 is 0 Å². The number of hydrogen-bond donors (Lipinski definition) is 1. The van der Waals surface area contributed by atoms with Crippen LogP contribution < -0.4 is 10.2 Å². The highest BCUT2D eigenvalue weighted by molar-refractivity contribution is 7.99. The van der Waals surface area contributed by atoms with E-state index in [0.717, 1.165) is 38.5 Å². The molecule has 2 aromatic heterocycles. The maximum absolute atomic E-state index is 12.5. The first-order valence-corrected chi connectivity index (χ1v) is 11.0. The third kappa shape index (κ3) is 3.26. The topological polar surface area (TPSA) is 79.6 Å². The van der Waals surface area contributed by atoms with E-state index in [2.05, 4.69) is 21.6 Å². The van der Waals surface area contributed by atoms with Gasteiger partial charge in [0.2, 0.25) is 16.8 Å². The zero-order chi connectivity index (χ0) is 20.0. The van der Waals surface area contributed by atoms with Gasteiger partial charge in [0.25, 0.3) is 0 Å². The minimum absolute atomic E-state index is 0.0394. The van der Waals surface area contributed by atoms with E-state index in [1.807, 2.05) is 40.8 Å². The molecule has 0 radical (unpaired) electrons. The Bertz CT molecular complexity index is 1260. The van der Waals surface area contributed by atoms with E-state index in [-0.39, 0.29) is 17.6 Å². The van der Waals surface area contributed by atoms with Gasteiger partial charge in [-0.3, -0.25) is 14.0 Å². The van der Waals surface area contributed by atoms with E-state index in [9.17, 15) is 9.59 Å². The molecule has 1 aliphatic rings. The first-order valence-electron chi connectivity index (χ1n) is 9.16. The van der Waals surface area contributed by atoms with Gasteiger partial charge < -0.3 is 10.2 Å². The number of nitrogens with zero attached hydrogens (tertiary/aromatic N) is 4. The minimum Gasteiger partial charge on any atom is -0.325 e. The van der Waals surface area contributed by atoms with Crippen molar-refractivity contribution in [1.29, 1.82) is 0 Å². The number of para-hydroxylation sites is 1. The SMILES string of the molecule is CC(=O)N1CCc2cc(NC(=O)CSc3nnc4sc5ccccc5n34)ccc21. The number of aromatic nitrogens is 3. The van der Waals surface area contributed by atoms with E-state index in [1.165, 1.54) is 11.8 Å². The number of rotatable bonds is 4. The molecule has 0 aliphatic carbocycles. The summed E-state index contributed by atoms with van der Waals surface area (Å²) < 4.78 is 3.13. The van der Waals surface area contributed by atoms with Crippen LogP contribution in [-0.2, 0) is 16.0 Å². The summed E-state index contributed by atoms with van der Waals surface area (Å²) in [6, 6.07) is 13.7. The van der Waals surface area contributed by atoms with Gasteiger partial charge in [0.15, 0.2) is 5.16 Å². The maximum Gasteiger partial charge on any atom is 0.234 e. The Morgan fingerprint density at radius 1 is 1.21 bits per heavy atom. The van der Waals surface area contributed by atoms with Crippen molar-refractivity contribution in [2.75, 3.05) is 22.5 Å². The largest absolute Gasteiger partial charge is 0.325 e. The summed E-state index contributed by atoms with van der Waals surface area (Å²) in [6.07, 6.45) is 0.802. The number of nitrogens with one attached hydrogen (secondary N) is 1. The second kappa shape index (κ2) is 7.16. The number of thioether (sulfide) groups is 1. The van der Waals surface area contributed by atoms with Crippen molar-refractivity contribution in [2.24, 2.45) is 0 Å². The molecule has 5 rings (SSSR count). The molecule has 29 heavy (non-hydrogen) atoms. The monoisotopic (exact) mass is 423 g/mol. The van der Waals surface area contributed by atoms with Crippen LogP contribution in [0.2, 0.25) is 0 Å². The zero-order valence-electron chi connectivity index (χ0n) is 15.6. The predicted octanol–water partition coefficient (Wildman–Crippen LogP) is 3.58. The quantitative estimate of drug-likeness (QED) is 0.508. The molecule has 7 nitrogen and oxygen atoms in total. The van der Waals surface area contributed by atoms with Gasteiger partial charge in [-0.05, 0) is 42.3 Å². The van der Waals surface area contributed by atoms with E-state index in [0.29, 0.717) is 11.7 Å². The molecule has 0 unspecified atom stereocenters. The van der Waals surface area contributed by atoms with E-state index >= 15 is 0 Å². The smallest absolute Gasteiger partial charge is 0.234 e. The van der Waals surface area contributed by atoms with Crippen LogP contribution in [0, 0.1) is 0 Å². The van der Waals surface area contributed by atoms with Crippen molar-refractivity contribution in [3.63, 3.8) is 0 Å². The Balaban J connectivity index is 1.29. The van der Waals surface area contributed by atoms with Crippen molar-refractivity contribution in [3.05, 3.63) is 48.0 Å². The lowest BCUT2D eigenvalue weighted by Gasteiger charge is -2.15. The van der Waals surface area contributed by atoms with Crippen LogP contribution in [-0.4, -0.2) is 38.7 Å². The Kier molecular flexibility index (Phi) is 4.48. The van der Waals surface area contributed by atoms with Gasteiger partial charge in [-0.1, -0.05) is 35.2 Å². The second-order valence-corrected chi connectivity index (χ2v) is 8.72. The summed E-state index contributed by atoms with van der Waals surface area (Å²) in [5, 5.41) is 12.1. The lowest BCUT2D eigenvalue weighted by Crippen LogP contribution is -2.25. The van der Waals surface area contributed by atoms with E-state index in [4.69, 9.17) is 0 Å². The number of fused-ring (bicyclic) bond motifs is 4. The van der Waals surface area contributed by atoms with Crippen LogP contribution in [0.5, 0.6) is 0 Å². The van der Waals surface area contributed by atoms with Gasteiger partial charge in [0.1, 0.15) is 0 Å². The van der Waals surface area contributed by atoms with Gasteiger partial charge in [-0.25, -0.2) is 0 Å². The Morgan fingerprint density at radius 3 is 2.93 bits per heavy atom. The molecule has 3 heterocycles. The molecule has 0 saturated carbocycles. The second-order valence-electron chi connectivity index (χ2n) is 6.77. The van der Waals surface area contributed by atoms with Gasteiger partial charge in [0, 0.05) is 24.8 Å². The van der Waals surface area contributed by atoms with Gasteiger partial charge in [0.05, 0.1) is 16.0 Å². The number of carbonyl (C=O) groups is 2. The van der Waals surface area contributed by atoms with Gasteiger partial charge in [-0.2, -0.15) is 0 Å². The number of anilines is 2. The number of thiazole rings is 1. The molecule has 0 saturated heterocycles. The fourth-order valence-electron chi connectivity index (χ4n) is 3.58. The van der Waals surface area contributed by atoms with Gasteiger partial charge in [-0.15, -0.1) is 10.2 Å². The Hall–Kier alpha value is -2.91. The number of carbonyl (C=O) groups excluding carboxylic acids is 2. The summed E-state index contributed by atoms with van der Waals surface area (Å²) in [6.45, 7) is 2.26. The standard InChI is InChI=1S/C20H17N5O2S2/c1-12(26)24-9-8-13-10-14(6-7-15(13)24)21-18(27)11-28-19-22-23-20-25(19)16-4-2-3-5-17(16)29-20/h2-7,10H,8-9,11H2,1H3,(H,21,27). The molecule has 2 aromatic carbocycles. The zero-order valence-corrected chi connectivity index (χ0v) is 17.2. The minimum atomic E-state index is -0.104. The highest BCUT2D eigenvalue weighted by Crippen LogP contribution is 2.31. The third-order valence-corrected chi connectivity index (χ3v) is 6.82. The van der Waals surface area contributed by atoms with Crippen LogP contribution >= 0.6 is 23.1 Å². The highest BCUT2D eigenvalue weighted by Gasteiger charge is 2.22. The molecular weight excluding hydrogens is 406 g/mol. The molecule has 9 heteroatoms. The molecule has 2 amide bonds. The summed E-state index contributed by atoms with van der Waals surface area (Å²) >= 11 is 2.94. The number of hydrogen-bond acceptors (Lipinski definition) is 6. The van der Waals surface area contributed by atoms with Crippen LogP contribution in [0.1, 0.15) is 12.5 Å². The van der Waals surface area contributed by atoms with E-state index < -0.39 is 0 Å². The summed E-state index contributed by atoms with van der Waals surface area (Å²) in [4.78, 5) is 26.7. The highest BCUT2D eigenvalue weighted by atomic mass is 32.2. The van der Waals surface area contributed by atoms with E-state index in [1.54, 1.807) is 23.2 Å². The molecule has 0 atom stereocenters. The molecular formula is C20H17N5O2S2. The van der Waals surface area contributed by atoms with Crippen LogP contribution in [0.4, 0.5) is 11.4 Å². The number of amides is 2. The predicted molar refractivity (Wildman–Crippen MR) is 116 cm³/mol. The lowest BCUT2D eigenvalue weighted by molar-refractivity contribution is -0.116. The Morgan fingerprint density at radius 2 is 2.07 bits per heavy atom. The van der Waals surface area contributed by atoms with Crippen LogP contribution in [0.25, 0.3) is 15.2 Å². The maximum atomic E-state index is 12.5. The fourth-order valence-corrected chi connectivity index (χ4v) is 5.35. The summed E-state index contributed by atoms with van der Waals surface area (Å²) in [5.41, 5.74) is 3.80. The normalized spacial score (nSPS) is 13.2. The summed E-state index contributed by atoms with van der Waals surface area (Å²) in [7, 11) is 0. The molecule has 146 valence electrons. The van der Waals surface area contributed by atoms with Crippen molar-refractivity contribution in [3.8, 4) is 0 Å². The third-order valence-electron chi connectivity index (χ3n) is 4.88. The molecule has 0 spiro atoms. The molecule has 0 fully saturated rings. The van der Waals surface area contributed by atoms with Crippen molar-refractivity contribution >= 4 is 61.5 Å².